The van der Waals surface area contributed by atoms with Gasteiger partial charge in [-0.05, 0) is 52.8 Å². The van der Waals surface area contributed by atoms with Gasteiger partial charge in [-0.15, -0.1) is 0 Å². The Morgan fingerprint density at radius 2 is 1.79 bits per heavy atom. The number of nitro benzene ring substituents is 1. The molecule has 5 rings (SSSR count). The molecule has 3 aromatic rings. The number of hydrogen-bond acceptors (Lipinski definition) is 4. The molecule has 144 valence electrons. The van der Waals surface area contributed by atoms with Gasteiger partial charge in [0.2, 0.25) is 0 Å². The number of carbonyl (C=O) groups is 1. The number of nitrogens with zero attached hydrogens (tertiary/aromatic N) is 1. The van der Waals surface area contributed by atoms with Crippen LogP contribution in [0.1, 0.15) is 44.6 Å². The molecular weight excluding hydrogens is 368 g/mol. The summed E-state index contributed by atoms with van der Waals surface area (Å²) in [4.78, 5) is 22.2. The molecule has 1 heterocycles. The Morgan fingerprint density at radius 1 is 1.03 bits per heavy atom. The molecule has 3 unspecified atom stereocenters. The molecule has 6 heteroatoms. The van der Waals surface area contributed by atoms with E-state index in [1.165, 1.54) is 17.2 Å². The van der Waals surface area contributed by atoms with E-state index in [2.05, 4.69) is 17.4 Å². The van der Waals surface area contributed by atoms with Crippen LogP contribution in [0.4, 0.5) is 11.4 Å². The van der Waals surface area contributed by atoms with E-state index in [1.807, 2.05) is 24.3 Å². The predicted molar refractivity (Wildman–Crippen MR) is 108 cm³/mol. The molecule has 0 spiro atoms. The number of carboxylic acid groups (broad SMARTS) is 1. The molecule has 0 bridgehead atoms. The highest BCUT2D eigenvalue weighted by molar-refractivity contribution is 5.87. The topological polar surface area (TPSA) is 92.5 Å². The van der Waals surface area contributed by atoms with Crippen LogP contribution in [0.2, 0.25) is 0 Å². The monoisotopic (exact) mass is 386 g/mol. The van der Waals surface area contributed by atoms with Crippen LogP contribution in [0.5, 0.6) is 0 Å². The van der Waals surface area contributed by atoms with Gasteiger partial charge in [-0.25, -0.2) is 4.79 Å². The number of aromatic carboxylic acids is 1. The second-order valence-electron chi connectivity index (χ2n) is 7.62. The van der Waals surface area contributed by atoms with Crippen LogP contribution in [0.25, 0.3) is 0 Å². The molecule has 2 aliphatic rings. The van der Waals surface area contributed by atoms with Crippen molar-refractivity contribution in [3.05, 3.63) is 105 Å². The van der Waals surface area contributed by atoms with Crippen LogP contribution in [0, 0.1) is 16.0 Å². The minimum absolute atomic E-state index is 0.01000. The maximum atomic E-state index is 11.3. The number of benzene rings is 3. The zero-order valence-corrected chi connectivity index (χ0v) is 15.4. The molecule has 3 atom stereocenters. The lowest BCUT2D eigenvalue weighted by molar-refractivity contribution is -0.384. The van der Waals surface area contributed by atoms with Gasteiger partial charge >= 0.3 is 5.97 Å². The summed E-state index contributed by atoms with van der Waals surface area (Å²) in [6.45, 7) is 0. The van der Waals surface area contributed by atoms with Gasteiger partial charge in [0, 0.05) is 23.7 Å². The number of rotatable bonds is 3. The van der Waals surface area contributed by atoms with Crippen LogP contribution in [-0.2, 0) is 6.42 Å². The Bertz CT molecular complexity index is 1140. The molecule has 1 aliphatic heterocycles. The van der Waals surface area contributed by atoms with E-state index in [0.717, 1.165) is 23.2 Å². The largest absolute Gasteiger partial charge is 0.478 e. The number of non-ortho nitro benzene ring substituents is 1. The number of hydrogen-bond donors (Lipinski definition) is 2. The van der Waals surface area contributed by atoms with E-state index < -0.39 is 5.97 Å². The molecule has 3 aromatic carbocycles. The lowest BCUT2D eigenvalue weighted by atomic mass is 9.75. The van der Waals surface area contributed by atoms with Crippen LogP contribution < -0.4 is 5.32 Å². The van der Waals surface area contributed by atoms with Crippen molar-refractivity contribution in [1.29, 1.82) is 0 Å². The van der Waals surface area contributed by atoms with Crippen molar-refractivity contribution in [2.75, 3.05) is 5.32 Å². The van der Waals surface area contributed by atoms with Gasteiger partial charge in [0.25, 0.3) is 5.69 Å². The predicted octanol–water partition coefficient (Wildman–Crippen LogP) is 4.76. The first-order valence-electron chi connectivity index (χ1n) is 9.49. The van der Waals surface area contributed by atoms with Gasteiger partial charge in [-0.2, -0.15) is 0 Å². The first kappa shape index (κ1) is 17.4. The molecule has 0 saturated heterocycles. The summed E-state index contributed by atoms with van der Waals surface area (Å²) in [7, 11) is 0. The highest BCUT2D eigenvalue weighted by atomic mass is 16.6. The average molecular weight is 386 g/mol. The minimum atomic E-state index is -0.947. The van der Waals surface area contributed by atoms with Crippen molar-refractivity contribution >= 4 is 17.3 Å². The van der Waals surface area contributed by atoms with Gasteiger partial charge in [0.15, 0.2) is 0 Å². The fourth-order valence-electron chi connectivity index (χ4n) is 4.82. The molecule has 0 aromatic heterocycles. The van der Waals surface area contributed by atoms with E-state index in [0.29, 0.717) is 0 Å². The van der Waals surface area contributed by atoms with Gasteiger partial charge in [0.1, 0.15) is 0 Å². The SMILES string of the molecule is O=C(O)c1ccc(C2Nc3ccc([N+](=O)[O-])cc3C3c4ccccc4CC23)cc1. The number of carboxylic acids is 1. The molecule has 6 nitrogen and oxygen atoms in total. The van der Waals surface area contributed by atoms with Crippen LogP contribution in [0.15, 0.2) is 66.7 Å². The van der Waals surface area contributed by atoms with Crippen molar-refractivity contribution in [3.63, 3.8) is 0 Å². The van der Waals surface area contributed by atoms with Gasteiger partial charge in [-0.3, -0.25) is 10.1 Å². The summed E-state index contributed by atoms with van der Waals surface area (Å²) in [5, 5.41) is 24.1. The Hall–Kier alpha value is -3.67. The smallest absolute Gasteiger partial charge is 0.335 e. The summed E-state index contributed by atoms with van der Waals surface area (Å²) < 4.78 is 0. The number of nitrogens with one attached hydrogen (secondary N) is 1. The van der Waals surface area contributed by atoms with Crippen molar-refractivity contribution in [1.82, 2.24) is 0 Å². The molecule has 0 saturated carbocycles. The molecule has 0 radical (unpaired) electrons. The quantitative estimate of drug-likeness (QED) is 0.500. The van der Waals surface area contributed by atoms with E-state index in [1.54, 1.807) is 24.3 Å². The molecule has 0 fully saturated rings. The molecule has 1 aliphatic carbocycles. The van der Waals surface area contributed by atoms with Crippen molar-refractivity contribution in [3.8, 4) is 0 Å². The van der Waals surface area contributed by atoms with E-state index in [-0.39, 0.29) is 34.1 Å². The lowest BCUT2D eigenvalue weighted by Gasteiger charge is -2.38. The molecule has 0 amide bonds. The Balaban J connectivity index is 1.64. The Kier molecular flexibility index (Phi) is 3.87. The van der Waals surface area contributed by atoms with Gasteiger partial charge in [0.05, 0.1) is 16.5 Å². The lowest BCUT2D eigenvalue weighted by Crippen LogP contribution is -2.30. The maximum absolute atomic E-state index is 11.3. The van der Waals surface area contributed by atoms with Crippen molar-refractivity contribution in [2.45, 2.75) is 18.4 Å². The molecule has 2 N–H and O–H groups in total. The number of anilines is 1. The second kappa shape index (κ2) is 6.44. The summed E-state index contributed by atoms with van der Waals surface area (Å²) in [6, 6.07) is 20.2. The normalized spacial score (nSPS) is 21.4. The maximum Gasteiger partial charge on any atom is 0.335 e. The first-order chi connectivity index (χ1) is 14.0. The fraction of sp³-hybridized carbons (Fsp3) is 0.174. The first-order valence-corrected chi connectivity index (χ1v) is 9.49. The minimum Gasteiger partial charge on any atom is -0.478 e. The van der Waals surface area contributed by atoms with Crippen LogP contribution >= 0.6 is 0 Å². The van der Waals surface area contributed by atoms with Crippen molar-refractivity contribution < 1.29 is 14.8 Å². The highest BCUT2D eigenvalue weighted by Gasteiger charge is 2.43. The third-order valence-electron chi connectivity index (χ3n) is 6.11. The number of fused-ring (bicyclic) bond motifs is 5. The van der Waals surface area contributed by atoms with Gasteiger partial charge in [-0.1, -0.05) is 36.4 Å². The zero-order valence-electron chi connectivity index (χ0n) is 15.4. The van der Waals surface area contributed by atoms with E-state index in [4.69, 9.17) is 0 Å². The Labute approximate surface area is 167 Å². The van der Waals surface area contributed by atoms with Crippen molar-refractivity contribution in [2.24, 2.45) is 5.92 Å². The zero-order chi connectivity index (χ0) is 20.1. The molecule has 29 heavy (non-hydrogen) atoms. The van der Waals surface area contributed by atoms with Gasteiger partial charge < -0.3 is 10.4 Å². The standard InChI is InChI=1S/C23H18N2O4/c26-23(27)14-7-5-13(6-8-14)22-19-11-15-3-1-2-4-17(15)21(19)18-12-16(25(28)29)9-10-20(18)24-22/h1-10,12,19,21-22,24H,11H2,(H,26,27). The summed E-state index contributed by atoms with van der Waals surface area (Å²) in [5.74, 6) is -0.693. The highest BCUT2D eigenvalue weighted by Crippen LogP contribution is 2.54. The second-order valence-corrected chi connectivity index (χ2v) is 7.62. The third kappa shape index (κ3) is 2.76. The van der Waals surface area contributed by atoms with E-state index >= 15 is 0 Å². The fourth-order valence-corrected chi connectivity index (χ4v) is 4.82. The number of nitro groups is 1. The van der Waals surface area contributed by atoms with Crippen LogP contribution in [0.3, 0.4) is 0 Å². The summed E-state index contributed by atoms with van der Waals surface area (Å²) in [5.41, 5.74) is 5.68. The molecular formula is C23H18N2O4. The summed E-state index contributed by atoms with van der Waals surface area (Å²) in [6.07, 6.45) is 0.862. The third-order valence-corrected chi connectivity index (χ3v) is 6.11. The Morgan fingerprint density at radius 3 is 2.52 bits per heavy atom. The average Bonchev–Trinajstić information content (AvgIpc) is 3.12. The van der Waals surface area contributed by atoms with E-state index in [9.17, 15) is 20.0 Å². The van der Waals surface area contributed by atoms with Crippen LogP contribution in [-0.4, -0.2) is 16.0 Å². The summed E-state index contributed by atoms with van der Waals surface area (Å²) >= 11 is 0.